The van der Waals surface area contributed by atoms with E-state index in [4.69, 9.17) is 9.47 Å². The molecule has 0 saturated carbocycles. The molecule has 0 radical (unpaired) electrons. The number of aromatic nitrogens is 1. The quantitative estimate of drug-likeness (QED) is 0.801. The summed E-state index contributed by atoms with van der Waals surface area (Å²) in [5, 5.41) is 3.81. The van der Waals surface area contributed by atoms with Crippen LogP contribution in [-0.4, -0.2) is 24.7 Å². The predicted molar refractivity (Wildman–Crippen MR) is 86.8 cm³/mol. The minimum atomic E-state index is -0.393. The molecule has 1 N–H and O–H groups in total. The minimum absolute atomic E-state index is 0.337. The minimum Gasteiger partial charge on any atom is -0.496 e. The maximum absolute atomic E-state index is 11.7. The van der Waals surface area contributed by atoms with Crippen LogP contribution in [0.15, 0.2) is 22.7 Å². The number of nitrogens with one attached hydrogen (secondary N) is 1. The number of carbonyl (C=O) groups excluding carboxylic acids is 1. The first kappa shape index (κ1) is 15.8. The van der Waals surface area contributed by atoms with E-state index in [0.29, 0.717) is 17.4 Å². The SMILES string of the molecule is CCOC(=O)c1nc(Nc2ccc(OC)c(Br)c2)sc1C. The van der Waals surface area contributed by atoms with Gasteiger partial charge in [-0.25, -0.2) is 9.78 Å². The van der Waals surface area contributed by atoms with Crippen LogP contribution in [-0.2, 0) is 4.74 Å². The van der Waals surface area contributed by atoms with Gasteiger partial charge in [-0.15, -0.1) is 11.3 Å². The van der Waals surface area contributed by atoms with Crippen molar-refractivity contribution < 1.29 is 14.3 Å². The zero-order chi connectivity index (χ0) is 15.4. The molecule has 0 spiro atoms. The Hall–Kier alpha value is -1.60. The molecule has 0 atom stereocenters. The Labute approximate surface area is 135 Å². The third kappa shape index (κ3) is 3.74. The molecule has 0 amide bonds. The van der Waals surface area contributed by atoms with E-state index in [1.54, 1.807) is 14.0 Å². The third-order valence-electron chi connectivity index (χ3n) is 2.67. The normalized spacial score (nSPS) is 10.3. The van der Waals surface area contributed by atoms with Crippen molar-refractivity contribution in [1.82, 2.24) is 4.98 Å². The Bertz CT molecular complexity index is 658. The van der Waals surface area contributed by atoms with E-state index in [9.17, 15) is 4.79 Å². The second-order valence-corrected chi connectivity index (χ2v) is 6.18. The third-order valence-corrected chi connectivity index (χ3v) is 4.17. The van der Waals surface area contributed by atoms with Crippen LogP contribution in [0.2, 0.25) is 0 Å². The molecule has 5 nitrogen and oxygen atoms in total. The highest BCUT2D eigenvalue weighted by molar-refractivity contribution is 9.10. The molecule has 0 aliphatic rings. The molecule has 0 aliphatic heterocycles. The zero-order valence-corrected chi connectivity index (χ0v) is 14.3. The molecule has 112 valence electrons. The topological polar surface area (TPSA) is 60.5 Å². The van der Waals surface area contributed by atoms with Crippen LogP contribution in [0.25, 0.3) is 0 Å². The molecular weight excluding hydrogens is 356 g/mol. The van der Waals surface area contributed by atoms with Crippen molar-refractivity contribution in [2.24, 2.45) is 0 Å². The lowest BCUT2D eigenvalue weighted by molar-refractivity contribution is 0.0519. The monoisotopic (exact) mass is 370 g/mol. The van der Waals surface area contributed by atoms with Gasteiger partial charge in [0, 0.05) is 10.6 Å². The van der Waals surface area contributed by atoms with E-state index in [0.717, 1.165) is 20.8 Å². The van der Waals surface area contributed by atoms with E-state index in [1.165, 1.54) is 11.3 Å². The number of thiazole rings is 1. The molecule has 1 aromatic heterocycles. The highest BCUT2D eigenvalue weighted by Crippen LogP contribution is 2.31. The van der Waals surface area contributed by atoms with Gasteiger partial charge in [0.1, 0.15) is 5.75 Å². The second kappa shape index (κ2) is 6.91. The first-order valence-corrected chi connectivity index (χ1v) is 7.91. The number of nitrogens with zero attached hydrogens (tertiary/aromatic N) is 1. The van der Waals surface area contributed by atoms with Crippen molar-refractivity contribution in [3.05, 3.63) is 33.2 Å². The zero-order valence-electron chi connectivity index (χ0n) is 11.9. The number of esters is 1. The van der Waals surface area contributed by atoms with Crippen molar-refractivity contribution in [2.75, 3.05) is 19.0 Å². The van der Waals surface area contributed by atoms with E-state index >= 15 is 0 Å². The number of ether oxygens (including phenoxy) is 2. The Morgan fingerprint density at radius 1 is 1.48 bits per heavy atom. The van der Waals surface area contributed by atoms with Crippen molar-refractivity contribution in [3.63, 3.8) is 0 Å². The fourth-order valence-corrected chi connectivity index (χ4v) is 3.07. The predicted octanol–water partition coefficient (Wildman–Crippen LogP) is 4.14. The average molecular weight is 371 g/mol. The standard InChI is InChI=1S/C14H15BrN2O3S/c1-4-20-13(18)12-8(2)21-14(17-12)16-9-5-6-11(19-3)10(15)7-9/h5-7H,4H2,1-3H3,(H,16,17). The van der Waals surface area contributed by atoms with E-state index < -0.39 is 5.97 Å². The maximum atomic E-state index is 11.7. The number of rotatable bonds is 5. The van der Waals surface area contributed by atoms with Gasteiger partial charge in [0.25, 0.3) is 0 Å². The van der Waals surface area contributed by atoms with Crippen molar-refractivity contribution in [3.8, 4) is 5.75 Å². The lowest BCUT2D eigenvalue weighted by Gasteiger charge is -2.06. The smallest absolute Gasteiger partial charge is 0.358 e. The van der Waals surface area contributed by atoms with Crippen LogP contribution >= 0.6 is 27.3 Å². The van der Waals surface area contributed by atoms with Gasteiger partial charge in [-0.3, -0.25) is 0 Å². The van der Waals surface area contributed by atoms with Crippen LogP contribution in [0.1, 0.15) is 22.3 Å². The Kier molecular flexibility index (Phi) is 5.19. The summed E-state index contributed by atoms with van der Waals surface area (Å²) in [6, 6.07) is 5.61. The van der Waals surface area contributed by atoms with Crippen LogP contribution in [0, 0.1) is 6.92 Å². The fraction of sp³-hybridized carbons (Fsp3) is 0.286. The lowest BCUT2D eigenvalue weighted by atomic mass is 10.3. The molecule has 1 heterocycles. The van der Waals surface area contributed by atoms with Crippen molar-refractivity contribution in [2.45, 2.75) is 13.8 Å². The summed E-state index contributed by atoms with van der Waals surface area (Å²) in [5.74, 6) is 0.360. The number of hydrogen-bond acceptors (Lipinski definition) is 6. The van der Waals surface area contributed by atoms with Gasteiger partial charge in [-0.1, -0.05) is 0 Å². The van der Waals surface area contributed by atoms with Gasteiger partial charge in [-0.2, -0.15) is 0 Å². The van der Waals surface area contributed by atoms with Crippen LogP contribution in [0.5, 0.6) is 5.75 Å². The van der Waals surface area contributed by atoms with E-state index in [2.05, 4.69) is 26.2 Å². The number of hydrogen-bond donors (Lipinski definition) is 1. The maximum Gasteiger partial charge on any atom is 0.358 e. The number of anilines is 2. The van der Waals surface area contributed by atoms with Gasteiger partial charge >= 0.3 is 5.97 Å². The number of benzene rings is 1. The second-order valence-electron chi connectivity index (χ2n) is 4.12. The molecule has 0 bridgehead atoms. The summed E-state index contributed by atoms with van der Waals surface area (Å²) in [4.78, 5) is 16.8. The number of methoxy groups -OCH3 is 1. The molecule has 7 heteroatoms. The van der Waals surface area contributed by atoms with Crippen LogP contribution in [0.4, 0.5) is 10.8 Å². The lowest BCUT2D eigenvalue weighted by Crippen LogP contribution is -2.06. The summed E-state index contributed by atoms with van der Waals surface area (Å²) >= 11 is 4.84. The summed E-state index contributed by atoms with van der Waals surface area (Å²) in [7, 11) is 1.61. The van der Waals surface area contributed by atoms with Gasteiger partial charge in [-0.05, 0) is 48.0 Å². The summed E-state index contributed by atoms with van der Waals surface area (Å²) in [5.41, 5.74) is 1.21. The molecular formula is C14H15BrN2O3S. The number of carbonyl (C=O) groups is 1. The highest BCUT2D eigenvalue weighted by Gasteiger charge is 2.16. The van der Waals surface area contributed by atoms with E-state index in [1.807, 2.05) is 25.1 Å². The molecule has 2 rings (SSSR count). The van der Waals surface area contributed by atoms with Gasteiger partial charge in [0.05, 0.1) is 18.2 Å². The molecule has 2 aromatic rings. The first-order valence-electron chi connectivity index (χ1n) is 6.30. The average Bonchev–Trinajstić information content (AvgIpc) is 2.80. The number of halogens is 1. The molecule has 0 fully saturated rings. The molecule has 0 aliphatic carbocycles. The summed E-state index contributed by atoms with van der Waals surface area (Å²) in [6.07, 6.45) is 0. The van der Waals surface area contributed by atoms with Crippen molar-refractivity contribution in [1.29, 1.82) is 0 Å². The fourth-order valence-electron chi connectivity index (χ4n) is 1.71. The number of aryl methyl sites for hydroxylation is 1. The van der Waals surface area contributed by atoms with Crippen LogP contribution in [0.3, 0.4) is 0 Å². The Morgan fingerprint density at radius 3 is 2.86 bits per heavy atom. The van der Waals surface area contributed by atoms with Gasteiger partial charge < -0.3 is 14.8 Å². The summed E-state index contributed by atoms with van der Waals surface area (Å²) < 4.78 is 11.0. The van der Waals surface area contributed by atoms with Crippen molar-refractivity contribution >= 4 is 44.1 Å². The highest BCUT2D eigenvalue weighted by atomic mass is 79.9. The van der Waals surface area contributed by atoms with Gasteiger partial charge in [0.2, 0.25) is 0 Å². The largest absolute Gasteiger partial charge is 0.496 e. The Morgan fingerprint density at radius 2 is 2.24 bits per heavy atom. The summed E-state index contributed by atoms with van der Waals surface area (Å²) in [6.45, 7) is 3.96. The van der Waals surface area contributed by atoms with Gasteiger partial charge in [0.15, 0.2) is 10.8 Å². The molecule has 0 unspecified atom stereocenters. The van der Waals surface area contributed by atoms with Crippen LogP contribution < -0.4 is 10.1 Å². The van der Waals surface area contributed by atoms with E-state index in [-0.39, 0.29) is 0 Å². The molecule has 0 saturated heterocycles. The first-order chi connectivity index (χ1) is 10.0. The molecule has 21 heavy (non-hydrogen) atoms. The Balaban J connectivity index is 2.18. The molecule has 1 aromatic carbocycles.